The minimum absolute atomic E-state index is 0.0778. The number of nitro benzene ring substituents is 1. The number of carbonyl (C=O) groups excluding carboxylic acids is 1. The first-order valence-corrected chi connectivity index (χ1v) is 8.86. The summed E-state index contributed by atoms with van der Waals surface area (Å²) < 4.78 is 5.17. The number of rotatable bonds is 4. The van der Waals surface area contributed by atoms with Gasteiger partial charge in [0.2, 0.25) is 0 Å². The molecule has 3 heterocycles. The van der Waals surface area contributed by atoms with Crippen LogP contribution in [0.2, 0.25) is 0 Å². The van der Waals surface area contributed by atoms with E-state index in [0.29, 0.717) is 5.71 Å². The second-order valence-electron chi connectivity index (χ2n) is 5.85. The molecular formula is C18H12N3O5S-. The highest BCUT2D eigenvalue weighted by atomic mass is 32.1. The first-order valence-electron chi connectivity index (χ1n) is 7.98. The van der Waals surface area contributed by atoms with E-state index in [1.54, 1.807) is 6.07 Å². The van der Waals surface area contributed by atoms with Crippen LogP contribution in [0.5, 0.6) is 5.75 Å². The normalized spacial score (nSPS) is 16.4. The lowest BCUT2D eigenvalue weighted by Crippen LogP contribution is -2.27. The van der Waals surface area contributed by atoms with Gasteiger partial charge < -0.3 is 9.52 Å². The summed E-state index contributed by atoms with van der Waals surface area (Å²) in [6, 6.07) is 9.58. The van der Waals surface area contributed by atoms with Crippen LogP contribution in [0.1, 0.15) is 33.5 Å². The van der Waals surface area contributed by atoms with Crippen LogP contribution < -0.4 is 5.11 Å². The van der Waals surface area contributed by atoms with Crippen molar-refractivity contribution in [2.45, 2.75) is 12.5 Å². The molecule has 0 saturated heterocycles. The molecule has 1 amide bonds. The number of carbonyl (C=O) groups is 1. The van der Waals surface area contributed by atoms with Crippen molar-refractivity contribution in [2.75, 3.05) is 0 Å². The van der Waals surface area contributed by atoms with Crippen molar-refractivity contribution in [1.82, 2.24) is 5.01 Å². The van der Waals surface area contributed by atoms with Gasteiger partial charge in [0.1, 0.15) is 0 Å². The Morgan fingerprint density at radius 1 is 1.30 bits per heavy atom. The van der Waals surface area contributed by atoms with Crippen LogP contribution in [0, 0.1) is 10.1 Å². The summed E-state index contributed by atoms with van der Waals surface area (Å²) in [7, 11) is 0. The second-order valence-corrected chi connectivity index (χ2v) is 6.80. The smallest absolute Gasteiger partial charge is 0.310 e. The number of furan rings is 1. The zero-order chi connectivity index (χ0) is 19.0. The fraction of sp³-hybridized carbons (Fsp3) is 0.111. The van der Waals surface area contributed by atoms with E-state index in [4.69, 9.17) is 4.42 Å². The summed E-state index contributed by atoms with van der Waals surface area (Å²) >= 11 is 1.46. The van der Waals surface area contributed by atoms with E-state index in [0.717, 1.165) is 17.0 Å². The number of hydrogen-bond donors (Lipinski definition) is 0. The summed E-state index contributed by atoms with van der Waals surface area (Å²) in [5.74, 6) is -0.818. The molecule has 0 fully saturated rings. The number of nitro groups is 1. The van der Waals surface area contributed by atoms with Gasteiger partial charge in [0.15, 0.2) is 5.76 Å². The Morgan fingerprint density at radius 3 is 2.81 bits per heavy atom. The third-order valence-electron chi connectivity index (χ3n) is 4.22. The largest absolute Gasteiger partial charge is 0.872 e. The average molecular weight is 382 g/mol. The molecule has 0 unspecified atom stereocenters. The van der Waals surface area contributed by atoms with Gasteiger partial charge in [0.05, 0.1) is 27.8 Å². The molecule has 0 bridgehead atoms. The van der Waals surface area contributed by atoms with E-state index < -0.39 is 16.9 Å². The minimum Gasteiger partial charge on any atom is -0.872 e. The zero-order valence-corrected chi connectivity index (χ0v) is 14.6. The van der Waals surface area contributed by atoms with Crippen molar-refractivity contribution >= 4 is 28.6 Å². The molecule has 1 atom stereocenters. The SMILES string of the molecule is O=C(c1ccco1)N1N=C(c2cccs2)C[C@H]1c1cc([N+](=O)[O-])ccc1[O-]. The van der Waals surface area contributed by atoms with Gasteiger partial charge in [0, 0.05) is 18.6 Å². The van der Waals surface area contributed by atoms with Crippen LogP contribution in [0.4, 0.5) is 5.69 Å². The van der Waals surface area contributed by atoms with E-state index in [-0.39, 0.29) is 29.2 Å². The maximum absolute atomic E-state index is 12.8. The molecule has 4 rings (SSSR count). The quantitative estimate of drug-likeness (QED) is 0.507. The molecule has 1 aromatic carbocycles. The van der Waals surface area contributed by atoms with Gasteiger partial charge in [-0.2, -0.15) is 5.10 Å². The fourth-order valence-corrected chi connectivity index (χ4v) is 3.68. The van der Waals surface area contributed by atoms with Crippen LogP contribution in [-0.4, -0.2) is 21.6 Å². The molecule has 0 spiro atoms. The first kappa shape index (κ1) is 17.0. The molecule has 3 aromatic rings. The van der Waals surface area contributed by atoms with E-state index in [2.05, 4.69) is 5.10 Å². The summed E-state index contributed by atoms with van der Waals surface area (Å²) in [5.41, 5.74) is 0.583. The summed E-state index contributed by atoms with van der Waals surface area (Å²) in [6.07, 6.45) is 1.65. The molecule has 9 heteroatoms. The summed E-state index contributed by atoms with van der Waals surface area (Å²) in [5, 5.41) is 31.0. The van der Waals surface area contributed by atoms with E-state index in [1.807, 2.05) is 17.5 Å². The second kappa shape index (κ2) is 6.69. The predicted octanol–water partition coefficient (Wildman–Crippen LogP) is 3.31. The van der Waals surface area contributed by atoms with Crippen LogP contribution >= 0.6 is 11.3 Å². The molecule has 1 aliphatic rings. The third-order valence-corrected chi connectivity index (χ3v) is 5.14. The molecule has 0 radical (unpaired) electrons. The van der Waals surface area contributed by atoms with E-state index >= 15 is 0 Å². The third kappa shape index (κ3) is 3.08. The van der Waals surface area contributed by atoms with Gasteiger partial charge >= 0.3 is 5.91 Å². The van der Waals surface area contributed by atoms with Gasteiger partial charge in [-0.3, -0.25) is 14.9 Å². The number of hydrogen-bond acceptors (Lipinski definition) is 7. The Bertz CT molecular complexity index is 1030. The molecule has 1 aliphatic heterocycles. The van der Waals surface area contributed by atoms with Gasteiger partial charge in [0.25, 0.3) is 5.69 Å². The Kier molecular flexibility index (Phi) is 4.21. The van der Waals surface area contributed by atoms with Crippen LogP contribution in [0.25, 0.3) is 0 Å². The molecule has 0 aliphatic carbocycles. The maximum atomic E-state index is 12.8. The number of hydrazone groups is 1. The van der Waals surface area contributed by atoms with Gasteiger partial charge in [-0.05, 0) is 29.1 Å². The lowest BCUT2D eigenvalue weighted by atomic mass is 9.99. The van der Waals surface area contributed by atoms with E-state index in [9.17, 15) is 20.0 Å². The van der Waals surface area contributed by atoms with Crippen molar-refractivity contribution in [3.8, 4) is 5.75 Å². The minimum atomic E-state index is -0.743. The molecule has 8 nitrogen and oxygen atoms in total. The maximum Gasteiger partial charge on any atom is 0.310 e. The van der Waals surface area contributed by atoms with Crippen molar-refractivity contribution in [2.24, 2.45) is 5.10 Å². The fourth-order valence-electron chi connectivity index (χ4n) is 2.95. The lowest BCUT2D eigenvalue weighted by Gasteiger charge is -2.25. The molecule has 0 saturated carbocycles. The van der Waals surface area contributed by atoms with Crippen molar-refractivity contribution in [3.63, 3.8) is 0 Å². The van der Waals surface area contributed by atoms with Gasteiger partial charge in [-0.25, -0.2) is 5.01 Å². The first-order chi connectivity index (χ1) is 13.0. The van der Waals surface area contributed by atoms with Gasteiger partial charge in [-0.15, -0.1) is 17.1 Å². The summed E-state index contributed by atoms with van der Waals surface area (Å²) in [4.78, 5) is 24.2. The average Bonchev–Trinajstić information content (AvgIpc) is 3.41. The van der Waals surface area contributed by atoms with Crippen LogP contribution in [0.15, 0.2) is 63.6 Å². The standard InChI is InChI=1S/C18H13N3O5S/c22-15-6-5-11(21(24)25)9-12(15)14-10-13(17-4-2-8-27-17)19-20(14)18(23)16-3-1-7-26-16/h1-9,14,22H,10H2/p-1/t14-/m0/s1. The topological polar surface area (TPSA) is 112 Å². The van der Waals surface area contributed by atoms with Gasteiger partial charge in [-0.1, -0.05) is 12.1 Å². The number of non-ortho nitro benzene ring substituents is 1. The molecule has 27 heavy (non-hydrogen) atoms. The van der Waals surface area contributed by atoms with E-state index in [1.165, 1.54) is 34.7 Å². The number of nitrogens with zero attached hydrogens (tertiary/aromatic N) is 3. The highest BCUT2D eigenvalue weighted by molar-refractivity contribution is 7.12. The number of thiophene rings is 1. The predicted molar refractivity (Wildman–Crippen MR) is 95.6 cm³/mol. The Morgan fingerprint density at radius 2 is 2.15 bits per heavy atom. The molecular weight excluding hydrogens is 370 g/mol. The summed E-state index contributed by atoms with van der Waals surface area (Å²) in [6.45, 7) is 0. The lowest BCUT2D eigenvalue weighted by molar-refractivity contribution is -0.385. The monoisotopic (exact) mass is 382 g/mol. The number of benzene rings is 1. The Labute approximate surface area is 157 Å². The highest BCUT2D eigenvalue weighted by Crippen LogP contribution is 2.39. The molecule has 136 valence electrons. The molecule has 2 aromatic heterocycles. The van der Waals surface area contributed by atoms with Crippen molar-refractivity contribution in [1.29, 1.82) is 0 Å². The number of amides is 1. The molecule has 0 N–H and O–H groups in total. The van der Waals surface area contributed by atoms with Crippen LogP contribution in [0.3, 0.4) is 0 Å². The highest BCUT2D eigenvalue weighted by Gasteiger charge is 2.35. The van der Waals surface area contributed by atoms with Crippen molar-refractivity contribution in [3.05, 3.63) is 80.4 Å². The zero-order valence-electron chi connectivity index (χ0n) is 13.8. The van der Waals surface area contributed by atoms with Crippen molar-refractivity contribution < 1.29 is 19.2 Å². The Hall–Kier alpha value is -3.46. The van der Waals surface area contributed by atoms with Crippen LogP contribution in [-0.2, 0) is 0 Å². The Balaban J connectivity index is 1.78.